The Morgan fingerprint density at radius 1 is 1.67 bits per heavy atom. The molecule has 15 heavy (non-hydrogen) atoms. The molecule has 0 bridgehead atoms. The van der Waals surface area contributed by atoms with E-state index in [1.54, 1.807) is 25.3 Å². The van der Waals surface area contributed by atoms with Crippen LogP contribution < -0.4 is 0 Å². The number of aromatic nitrogens is 2. The second-order valence-corrected chi connectivity index (χ2v) is 3.32. The van der Waals surface area contributed by atoms with Crippen molar-refractivity contribution in [2.24, 2.45) is 0 Å². The zero-order valence-electron chi connectivity index (χ0n) is 8.08. The van der Waals surface area contributed by atoms with Crippen LogP contribution >= 0.6 is 11.6 Å². The van der Waals surface area contributed by atoms with Crippen LogP contribution in [0.5, 0.6) is 0 Å². The number of pyridine rings is 1. The van der Waals surface area contributed by atoms with E-state index >= 15 is 0 Å². The second-order valence-electron chi connectivity index (χ2n) is 2.97. The van der Waals surface area contributed by atoms with Gasteiger partial charge in [0, 0.05) is 11.6 Å². The maximum Gasteiger partial charge on any atom is 0.354 e. The Balaban J connectivity index is 2.47. The Morgan fingerprint density at radius 3 is 3.13 bits per heavy atom. The topological polar surface area (TPSA) is 55.0 Å². The van der Waals surface area contributed by atoms with Crippen molar-refractivity contribution >= 4 is 28.5 Å². The number of aromatic amines is 1. The van der Waals surface area contributed by atoms with E-state index in [9.17, 15) is 4.79 Å². The summed E-state index contributed by atoms with van der Waals surface area (Å²) in [6.45, 7) is 2.11. The van der Waals surface area contributed by atoms with E-state index in [1.807, 2.05) is 0 Å². The van der Waals surface area contributed by atoms with Crippen molar-refractivity contribution in [1.82, 2.24) is 9.97 Å². The van der Waals surface area contributed by atoms with Crippen LogP contribution in [0, 0.1) is 0 Å². The minimum atomic E-state index is -0.384. The average molecular weight is 225 g/mol. The smallest absolute Gasteiger partial charge is 0.354 e. The quantitative estimate of drug-likeness (QED) is 0.630. The van der Waals surface area contributed by atoms with E-state index in [2.05, 4.69) is 9.97 Å². The first-order chi connectivity index (χ1) is 7.22. The highest BCUT2D eigenvalue weighted by Gasteiger charge is 2.11. The number of carbonyl (C=O) groups is 1. The molecule has 0 atom stereocenters. The Bertz CT molecular complexity index is 507. The van der Waals surface area contributed by atoms with Crippen LogP contribution in [0.3, 0.4) is 0 Å². The van der Waals surface area contributed by atoms with Gasteiger partial charge in [-0.3, -0.25) is 0 Å². The minimum Gasteiger partial charge on any atom is -0.461 e. The lowest BCUT2D eigenvalue weighted by molar-refractivity contribution is 0.0520. The lowest BCUT2D eigenvalue weighted by Gasteiger charge is -1.96. The SMILES string of the molecule is CCOC(=O)c1cc2c(Cl)nccc2[nH]1. The molecule has 0 aliphatic rings. The molecule has 0 unspecified atom stereocenters. The summed E-state index contributed by atoms with van der Waals surface area (Å²) in [5.74, 6) is -0.384. The lowest BCUT2D eigenvalue weighted by atomic mass is 10.3. The predicted octanol–water partition coefficient (Wildman–Crippen LogP) is 2.39. The van der Waals surface area contributed by atoms with Gasteiger partial charge < -0.3 is 9.72 Å². The number of H-pyrrole nitrogens is 1. The number of fused-ring (bicyclic) bond motifs is 1. The number of halogens is 1. The van der Waals surface area contributed by atoms with Crippen molar-refractivity contribution in [2.45, 2.75) is 6.92 Å². The average Bonchev–Trinajstić information content (AvgIpc) is 2.63. The predicted molar refractivity (Wildman–Crippen MR) is 57.1 cm³/mol. The molecule has 0 saturated heterocycles. The van der Waals surface area contributed by atoms with Crippen molar-refractivity contribution in [2.75, 3.05) is 6.61 Å². The summed E-state index contributed by atoms with van der Waals surface area (Å²) in [5, 5.41) is 1.10. The molecule has 0 fully saturated rings. The Kier molecular flexibility index (Phi) is 2.60. The third kappa shape index (κ3) is 1.80. The molecule has 0 aliphatic carbocycles. The zero-order valence-corrected chi connectivity index (χ0v) is 8.84. The van der Waals surface area contributed by atoms with Gasteiger partial charge in [0.05, 0.1) is 12.1 Å². The van der Waals surface area contributed by atoms with Crippen LogP contribution in [-0.4, -0.2) is 22.5 Å². The van der Waals surface area contributed by atoms with Crippen LogP contribution in [0.25, 0.3) is 10.9 Å². The summed E-state index contributed by atoms with van der Waals surface area (Å²) in [6, 6.07) is 3.40. The van der Waals surface area contributed by atoms with Crippen LogP contribution in [-0.2, 0) is 4.74 Å². The highest BCUT2D eigenvalue weighted by Crippen LogP contribution is 2.21. The molecule has 2 aromatic heterocycles. The third-order valence-electron chi connectivity index (χ3n) is 1.99. The molecule has 2 rings (SSSR count). The monoisotopic (exact) mass is 224 g/mol. The van der Waals surface area contributed by atoms with E-state index in [0.29, 0.717) is 17.5 Å². The summed E-state index contributed by atoms with van der Waals surface area (Å²) in [5.41, 5.74) is 1.17. The molecule has 0 saturated carbocycles. The normalized spacial score (nSPS) is 10.5. The van der Waals surface area contributed by atoms with Gasteiger partial charge in [-0.15, -0.1) is 0 Å². The Labute approximate surface area is 91.2 Å². The largest absolute Gasteiger partial charge is 0.461 e. The van der Waals surface area contributed by atoms with Gasteiger partial charge in [-0.2, -0.15) is 0 Å². The van der Waals surface area contributed by atoms with Gasteiger partial charge in [-0.05, 0) is 19.1 Å². The van der Waals surface area contributed by atoms with E-state index in [4.69, 9.17) is 16.3 Å². The molecular weight excluding hydrogens is 216 g/mol. The lowest BCUT2D eigenvalue weighted by Crippen LogP contribution is -2.04. The Hall–Kier alpha value is -1.55. The summed E-state index contributed by atoms with van der Waals surface area (Å²) in [6.07, 6.45) is 1.58. The molecule has 0 aromatic carbocycles. The van der Waals surface area contributed by atoms with Crippen molar-refractivity contribution < 1.29 is 9.53 Å². The van der Waals surface area contributed by atoms with Crippen molar-refractivity contribution in [3.63, 3.8) is 0 Å². The number of hydrogen-bond donors (Lipinski definition) is 1. The number of hydrogen-bond acceptors (Lipinski definition) is 3. The molecule has 5 heteroatoms. The molecule has 2 heterocycles. The van der Waals surface area contributed by atoms with Crippen molar-refractivity contribution in [3.8, 4) is 0 Å². The fourth-order valence-electron chi connectivity index (χ4n) is 1.34. The molecule has 0 radical (unpaired) electrons. The second kappa shape index (κ2) is 3.90. The molecule has 2 aromatic rings. The van der Waals surface area contributed by atoms with E-state index in [1.165, 1.54) is 0 Å². The summed E-state index contributed by atoms with van der Waals surface area (Å²) < 4.78 is 4.86. The van der Waals surface area contributed by atoms with E-state index in [0.717, 1.165) is 10.9 Å². The fraction of sp³-hybridized carbons (Fsp3) is 0.200. The number of rotatable bonds is 2. The molecule has 4 nitrogen and oxygen atoms in total. The van der Waals surface area contributed by atoms with Crippen LogP contribution in [0.2, 0.25) is 5.15 Å². The Morgan fingerprint density at radius 2 is 2.47 bits per heavy atom. The first-order valence-corrected chi connectivity index (χ1v) is 4.90. The molecule has 0 spiro atoms. The maximum absolute atomic E-state index is 11.4. The number of nitrogens with one attached hydrogen (secondary N) is 1. The highest BCUT2D eigenvalue weighted by atomic mass is 35.5. The standard InChI is InChI=1S/C10H9ClN2O2/c1-2-15-10(14)8-5-6-7(13-8)3-4-12-9(6)11/h3-5,13H,2H2,1H3. The summed E-state index contributed by atoms with van der Waals surface area (Å²) in [4.78, 5) is 18.2. The van der Waals surface area contributed by atoms with Gasteiger partial charge in [0.15, 0.2) is 0 Å². The maximum atomic E-state index is 11.4. The zero-order chi connectivity index (χ0) is 10.8. The fourth-order valence-corrected chi connectivity index (χ4v) is 1.55. The van der Waals surface area contributed by atoms with Crippen molar-refractivity contribution in [1.29, 1.82) is 0 Å². The van der Waals surface area contributed by atoms with Gasteiger partial charge in [0.1, 0.15) is 10.8 Å². The molecule has 1 N–H and O–H groups in total. The highest BCUT2D eigenvalue weighted by molar-refractivity contribution is 6.34. The molecule has 0 amide bonds. The number of nitrogens with zero attached hydrogens (tertiary/aromatic N) is 1. The third-order valence-corrected chi connectivity index (χ3v) is 2.30. The first-order valence-electron chi connectivity index (χ1n) is 4.52. The van der Waals surface area contributed by atoms with Crippen LogP contribution in [0.4, 0.5) is 0 Å². The van der Waals surface area contributed by atoms with Gasteiger partial charge in [0.25, 0.3) is 0 Å². The van der Waals surface area contributed by atoms with Crippen LogP contribution in [0.15, 0.2) is 18.3 Å². The molecule has 0 aliphatic heterocycles. The summed E-state index contributed by atoms with van der Waals surface area (Å²) >= 11 is 5.87. The van der Waals surface area contributed by atoms with Gasteiger partial charge >= 0.3 is 5.97 Å². The van der Waals surface area contributed by atoms with E-state index < -0.39 is 0 Å². The van der Waals surface area contributed by atoms with Gasteiger partial charge in [0.2, 0.25) is 0 Å². The molecular formula is C10H9ClN2O2. The first kappa shape index (κ1) is 9.98. The molecule has 78 valence electrons. The van der Waals surface area contributed by atoms with Gasteiger partial charge in [-0.1, -0.05) is 11.6 Å². The number of ether oxygens (including phenoxy) is 1. The van der Waals surface area contributed by atoms with Crippen LogP contribution in [0.1, 0.15) is 17.4 Å². The van der Waals surface area contributed by atoms with Crippen molar-refractivity contribution in [3.05, 3.63) is 29.2 Å². The minimum absolute atomic E-state index is 0.347. The van der Waals surface area contributed by atoms with E-state index in [-0.39, 0.29) is 5.97 Å². The summed E-state index contributed by atoms with van der Waals surface area (Å²) in [7, 11) is 0. The van der Waals surface area contributed by atoms with Gasteiger partial charge in [-0.25, -0.2) is 9.78 Å². The number of carbonyl (C=O) groups excluding carboxylic acids is 1. The number of esters is 1.